The number of aliphatic hydroxyl groups excluding tert-OH is 1. The number of methoxy groups -OCH3 is 1. The minimum absolute atomic E-state index is 0.162. The highest BCUT2D eigenvalue weighted by Gasteiger charge is 2.25. The lowest BCUT2D eigenvalue weighted by Crippen LogP contribution is -2.39. The Morgan fingerprint density at radius 1 is 1.20 bits per heavy atom. The standard InChI is InChI=1S/C27H33N5O2S/c1-18(2)17-32(20-9-5-4-6-10-20)24-14-13-19(21-11-7-8-12-22(21)26(33)34-3)15-23(24)29-27-30-25(16-28)31-35-27/h7-8,11-15,18,20,26,33H,4-6,9-10,17H2,1-3H3,(H,29,30,31). The summed E-state index contributed by atoms with van der Waals surface area (Å²) in [5.41, 5.74) is 4.60. The van der Waals surface area contributed by atoms with Crippen molar-refractivity contribution in [3.8, 4) is 17.2 Å². The van der Waals surface area contributed by atoms with Gasteiger partial charge in [0.25, 0.3) is 0 Å². The van der Waals surface area contributed by atoms with Gasteiger partial charge >= 0.3 is 0 Å². The van der Waals surface area contributed by atoms with Crippen LogP contribution in [0.4, 0.5) is 16.5 Å². The zero-order valence-corrected chi connectivity index (χ0v) is 21.4. The molecule has 1 heterocycles. The van der Waals surface area contributed by atoms with E-state index in [9.17, 15) is 10.4 Å². The average Bonchev–Trinajstić information content (AvgIpc) is 3.35. The van der Waals surface area contributed by atoms with Crippen LogP contribution in [0, 0.1) is 17.2 Å². The fourth-order valence-corrected chi connectivity index (χ4v) is 5.36. The van der Waals surface area contributed by atoms with E-state index in [4.69, 9.17) is 4.74 Å². The van der Waals surface area contributed by atoms with Crippen LogP contribution in [0.25, 0.3) is 11.1 Å². The molecule has 35 heavy (non-hydrogen) atoms. The van der Waals surface area contributed by atoms with Gasteiger partial charge in [0.2, 0.25) is 11.0 Å². The molecule has 2 N–H and O–H groups in total. The molecule has 184 valence electrons. The molecule has 0 saturated heterocycles. The van der Waals surface area contributed by atoms with Gasteiger partial charge in [0.1, 0.15) is 6.07 Å². The first kappa shape index (κ1) is 25.1. The second kappa shape index (κ2) is 11.6. The van der Waals surface area contributed by atoms with E-state index in [0.29, 0.717) is 22.7 Å². The van der Waals surface area contributed by atoms with Crippen molar-refractivity contribution in [1.29, 1.82) is 5.26 Å². The maximum Gasteiger partial charge on any atom is 0.245 e. The van der Waals surface area contributed by atoms with E-state index in [1.165, 1.54) is 50.7 Å². The van der Waals surface area contributed by atoms with Gasteiger partial charge in [0.15, 0.2) is 6.29 Å². The van der Waals surface area contributed by atoms with Crippen molar-refractivity contribution in [1.82, 2.24) is 9.36 Å². The van der Waals surface area contributed by atoms with Gasteiger partial charge in [-0.2, -0.15) is 14.6 Å². The van der Waals surface area contributed by atoms with E-state index in [-0.39, 0.29) is 5.82 Å². The van der Waals surface area contributed by atoms with Crippen molar-refractivity contribution < 1.29 is 9.84 Å². The summed E-state index contributed by atoms with van der Waals surface area (Å²) in [6.07, 6.45) is 5.18. The van der Waals surface area contributed by atoms with Crippen LogP contribution in [0.5, 0.6) is 0 Å². The Kier molecular flexibility index (Phi) is 8.34. The van der Waals surface area contributed by atoms with Crippen LogP contribution in [0.2, 0.25) is 0 Å². The Bertz CT molecular complexity index is 1170. The predicted molar refractivity (Wildman–Crippen MR) is 141 cm³/mol. The van der Waals surface area contributed by atoms with Crippen LogP contribution >= 0.6 is 11.5 Å². The maximum absolute atomic E-state index is 10.4. The molecule has 4 rings (SSSR count). The monoisotopic (exact) mass is 491 g/mol. The molecule has 0 bridgehead atoms. The maximum atomic E-state index is 10.4. The van der Waals surface area contributed by atoms with Crippen molar-refractivity contribution in [3.63, 3.8) is 0 Å². The first-order chi connectivity index (χ1) is 17.0. The van der Waals surface area contributed by atoms with Gasteiger partial charge in [0.05, 0.1) is 11.4 Å². The van der Waals surface area contributed by atoms with Crippen LogP contribution in [0.15, 0.2) is 42.5 Å². The molecule has 0 aliphatic heterocycles. The van der Waals surface area contributed by atoms with Crippen LogP contribution in [0.3, 0.4) is 0 Å². The number of nitrogens with zero attached hydrogens (tertiary/aromatic N) is 4. The van der Waals surface area contributed by atoms with Gasteiger partial charge in [-0.15, -0.1) is 0 Å². The van der Waals surface area contributed by atoms with Crippen LogP contribution < -0.4 is 10.2 Å². The summed E-state index contributed by atoms with van der Waals surface area (Å²) in [5, 5.41) is 23.6. The molecule has 1 aromatic heterocycles. The molecule has 1 fully saturated rings. The minimum atomic E-state index is -1.01. The van der Waals surface area contributed by atoms with Crippen molar-refractivity contribution in [2.75, 3.05) is 23.9 Å². The summed E-state index contributed by atoms with van der Waals surface area (Å²) in [5.74, 6) is 0.670. The molecule has 1 aliphatic carbocycles. The summed E-state index contributed by atoms with van der Waals surface area (Å²) in [4.78, 5) is 6.86. The van der Waals surface area contributed by atoms with E-state index in [2.05, 4.69) is 51.6 Å². The average molecular weight is 492 g/mol. The molecular formula is C27H33N5O2S. The molecule has 0 amide bonds. The molecule has 1 saturated carbocycles. The van der Waals surface area contributed by atoms with Crippen LogP contribution in [0.1, 0.15) is 63.6 Å². The van der Waals surface area contributed by atoms with E-state index in [1.807, 2.05) is 30.3 Å². The van der Waals surface area contributed by atoms with Gasteiger partial charge < -0.3 is 20.1 Å². The summed E-state index contributed by atoms with van der Waals surface area (Å²) >= 11 is 1.18. The number of rotatable bonds is 9. The molecule has 1 aliphatic rings. The molecule has 3 aromatic rings. The highest BCUT2D eigenvalue weighted by molar-refractivity contribution is 7.09. The van der Waals surface area contributed by atoms with Gasteiger partial charge in [-0.25, -0.2) is 0 Å². The third kappa shape index (κ3) is 5.99. The second-order valence-corrected chi connectivity index (χ2v) is 10.2. The minimum Gasteiger partial charge on any atom is -0.367 e. The smallest absolute Gasteiger partial charge is 0.245 e. The van der Waals surface area contributed by atoms with E-state index in [0.717, 1.165) is 29.0 Å². The topological polar surface area (TPSA) is 94.3 Å². The Morgan fingerprint density at radius 3 is 2.66 bits per heavy atom. The zero-order valence-electron chi connectivity index (χ0n) is 20.6. The lowest BCUT2D eigenvalue weighted by Gasteiger charge is -2.38. The van der Waals surface area contributed by atoms with Crippen molar-refractivity contribution in [2.24, 2.45) is 5.92 Å². The third-order valence-electron chi connectivity index (χ3n) is 6.41. The molecule has 0 radical (unpaired) electrons. The normalized spacial score (nSPS) is 15.1. The molecule has 0 spiro atoms. The number of nitriles is 1. The van der Waals surface area contributed by atoms with Gasteiger partial charge in [0, 0.05) is 36.8 Å². The molecular weight excluding hydrogens is 458 g/mol. The quantitative estimate of drug-likeness (QED) is 0.342. The van der Waals surface area contributed by atoms with Crippen molar-refractivity contribution >= 4 is 28.0 Å². The van der Waals surface area contributed by atoms with Crippen molar-refractivity contribution in [2.45, 2.75) is 58.3 Å². The number of aliphatic hydroxyl groups is 1. The van der Waals surface area contributed by atoms with E-state index >= 15 is 0 Å². The number of benzene rings is 2. The molecule has 2 aromatic carbocycles. The fraction of sp³-hybridized carbons (Fsp3) is 0.444. The summed E-state index contributed by atoms with van der Waals surface area (Å²) in [7, 11) is 1.49. The lowest BCUT2D eigenvalue weighted by molar-refractivity contribution is -0.0765. The number of hydrogen-bond donors (Lipinski definition) is 2. The van der Waals surface area contributed by atoms with Crippen LogP contribution in [-0.4, -0.2) is 34.2 Å². The predicted octanol–water partition coefficient (Wildman–Crippen LogP) is 6.25. The largest absolute Gasteiger partial charge is 0.367 e. The SMILES string of the molecule is COC(O)c1ccccc1-c1ccc(N(CC(C)C)C2CCCCC2)c(Nc2nc(C#N)ns2)c1. The summed E-state index contributed by atoms with van der Waals surface area (Å²) in [6, 6.07) is 16.6. The number of ether oxygens (including phenoxy) is 1. The fourth-order valence-electron chi connectivity index (χ4n) is 4.82. The summed E-state index contributed by atoms with van der Waals surface area (Å²) < 4.78 is 9.33. The number of nitrogens with one attached hydrogen (secondary N) is 1. The van der Waals surface area contributed by atoms with Gasteiger partial charge in [-0.3, -0.25) is 0 Å². The second-order valence-electron chi connectivity index (χ2n) is 9.41. The summed E-state index contributed by atoms with van der Waals surface area (Å²) in [6.45, 7) is 5.46. The highest BCUT2D eigenvalue weighted by atomic mass is 32.1. The Balaban J connectivity index is 1.80. The highest BCUT2D eigenvalue weighted by Crippen LogP contribution is 2.39. The Hall–Kier alpha value is -2.99. The molecule has 7 nitrogen and oxygen atoms in total. The van der Waals surface area contributed by atoms with Crippen LogP contribution in [-0.2, 0) is 4.74 Å². The molecule has 1 unspecified atom stereocenters. The Morgan fingerprint density at radius 2 is 1.97 bits per heavy atom. The van der Waals surface area contributed by atoms with Gasteiger partial charge in [-0.1, -0.05) is 63.4 Å². The Labute approximate surface area is 211 Å². The molecule has 8 heteroatoms. The number of anilines is 3. The lowest BCUT2D eigenvalue weighted by atomic mass is 9.92. The van der Waals surface area contributed by atoms with Gasteiger partial charge in [-0.05, 0) is 42.0 Å². The first-order valence-corrected chi connectivity index (χ1v) is 13.0. The van der Waals surface area contributed by atoms with Crippen molar-refractivity contribution in [3.05, 3.63) is 53.9 Å². The first-order valence-electron chi connectivity index (χ1n) is 12.2. The van der Waals surface area contributed by atoms with E-state index in [1.54, 1.807) is 0 Å². The molecule has 1 atom stereocenters. The number of aromatic nitrogens is 2. The van der Waals surface area contributed by atoms with E-state index < -0.39 is 6.29 Å². The number of hydrogen-bond acceptors (Lipinski definition) is 8. The third-order valence-corrected chi connectivity index (χ3v) is 7.04. The zero-order chi connectivity index (χ0) is 24.8.